The van der Waals surface area contributed by atoms with E-state index in [4.69, 9.17) is 4.42 Å². The minimum Gasteiger partial charge on any atom is -0.454 e. The predicted molar refractivity (Wildman–Crippen MR) is 107 cm³/mol. The molecule has 7 heteroatoms. The molecule has 0 spiro atoms. The molecular weight excluding hydrogens is 370 g/mol. The zero-order valence-corrected chi connectivity index (χ0v) is 15.8. The lowest BCUT2D eigenvalue weighted by Crippen LogP contribution is -2.22. The molecule has 2 N–H and O–H groups in total. The Labute approximate surface area is 167 Å². The van der Waals surface area contributed by atoms with Crippen molar-refractivity contribution in [1.82, 2.24) is 9.88 Å². The van der Waals surface area contributed by atoms with Crippen LogP contribution in [-0.2, 0) is 17.9 Å². The minimum absolute atomic E-state index is 0.0671. The highest BCUT2D eigenvalue weighted by Crippen LogP contribution is 2.30. The molecule has 0 unspecified atom stereocenters. The third-order valence-electron chi connectivity index (χ3n) is 4.73. The van der Waals surface area contributed by atoms with Crippen molar-refractivity contribution in [2.75, 3.05) is 5.32 Å². The number of hydrogen-bond acceptors (Lipinski definition) is 4. The van der Waals surface area contributed by atoms with Gasteiger partial charge < -0.3 is 19.6 Å². The maximum atomic E-state index is 12.3. The van der Waals surface area contributed by atoms with Crippen molar-refractivity contribution in [1.29, 1.82) is 0 Å². The van der Waals surface area contributed by atoms with Crippen LogP contribution in [0.4, 0.5) is 5.69 Å². The lowest BCUT2D eigenvalue weighted by atomic mass is 10.2. The van der Waals surface area contributed by atoms with Crippen LogP contribution >= 0.6 is 0 Å². The maximum absolute atomic E-state index is 12.3. The highest BCUT2D eigenvalue weighted by atomic mass is 16.4. The van der Waals surface area contributed by atoms with Crippen LogP contribution in [0.5, 0.6) is 0 Å². The maximum Gasteiger partial charge on any atom is 0.287 e. The summed E-state index contributed by atoms with van der Waals surface area (Å²) in [4.78, 5) is 35.8. The molecule has 2 aromatic heterocycles. The number of nitrogens with zero attached hydrogens (tertiary/aromatic N) is 1. The van der Waals surface area contributed by atoms with Gasteiger partial charge in [-0.3, -0.25) is 14.4 Å². The van der Waals surface area contributed by atoms with Crippen LogP contribution in [0, 0.1) is 5.92 Å². The van der Waals surface area contributed by atoms with Gasteiger partial charge in [-0.05, 0) is 48.7 Å². The molecule has 1 aliphatic rings. The molecule has 1 fully saturated rings. The van der Waals surface area contributed by atoms with Gasteiger partial charge in [0.1, 0.15) is 5.76 Å². The van der Waals surface area contributed by atoms with Crippen molar-refractivity contribution in [3.8, 4) is 0 Å². The fourth-order valence-electron chi connectivity index (χ4n) is 2.91. The average molecular weight is 391 g/mol. The summed E-state index contributed by atoms with van der Waals surface area (Å²) in [6, 6.07) is 15.6. The molecule has 1 aliphatic carbocycles. The molecule has 0 bridgehead atoms. The molecule has 0 atom stereocenters. The predicted octanol–water partition coefficient (Wildman–Crippen LogP) is 2.77. The van der Waals surface area contributed by atoms with Crippen LogP contribution in [-0.4, -0.2) is 16.4 Å². The first-order chi connectivity index (χ1) is 14.1. The van der Waals surface area contributed by atoms with E-state index in [-0.39, 0.29) is 35.6 Å². The smallest absolute Gasteiger partial charge is 0.287 e. The molecule has 29 heavy (non-hydrogen) atoms. The van der Waals surface area contributed by atoms with Crippen molar-refractivity contribution in [3.63, 3.8) is 0 Å². The monoisotopic (exact) mass is 391 g/mol. The van der Waals surface area contributed by atoms with Crippen molar-refractivity contribution < 1.29 is 14.0 Å². The van der Waals surface area contributed by atoms with Gasteiger partial charge in [0, 0.05) is 30.4 Å². The second kappa shape index (κ2) is 8.18. The van der Waals surface area contributed by atoms with Gasteiger partial charge in [0.15, 0.2) is 5.76 Å². The summed E-state index contributed by atoms with van der Waals surface area (Å²) in [5.41, 5.74) is 1.53. The molecular formula is C22H21N3O4. The summed E-state index contributed by atoms with van der Waals surface area (Å²) in [6.45, 7) is 0.602. The number of hydrogen-bond donors (Lipinski definition) is 2. The van der Waals surface area contributed by atoms with Crippen LogP contribution < -0.4 is 16.2 Å². The van der Waals surface area contributed by atoms with Crippen LogP contribution in [0.2, 0.25) is 0 Å². The van der Waals surface area contributed by atoms with E-state index in [1.807, 2.05) is 24.3 Å². The van der Waals surface area contributed by atoms with E-state index in [2.05, 4.69) is 10.6 Å². The van der Waals surface area contributed by atoms with E-state index >= 15 is 0 Å². The quantitative estimate of drug-likeness (QED) is 0.648. The molecule has 2 amide bonds. The Hall–Kier alpha value is -3.61. The third-order valence-corrected chi connectivity index (χ3v) is 4.73. The Bertz CT molecular complexity index is 1080. The summed E-state index contributed by atoms with van der Waals surface area (Å²) in [7, 11) is 0. The van der Waals surface area contributed by atoms with Crippen LogP contribution in [0.15, 0.2) is 70.0 Å². The lowest BCUT2D eigenvalue weighted by Gasteiger charge is -2.07. The number of furan rings is 1. The van der Waals surface area contributed by atoms with Crippen molar-refractivity contribution in [2.45, 2.75) is 25.9 Å². The van der Waals surface area contributed by atoms with Gasteiger partial charge in [-0.25, -0.2) is 0 Å². The first-order valence-electron chi connectivity index (χ1n) is 9.51. The molecule has 0 radical (unpaired) electrons. The van der Waals surface area contributed by atoms with Crippen LogP contribution in [0.1, 0.15) is 34.7 Å². The highest BCUT2D eigenvalue weighted by Gasteiger charge is 2.29. The summed E-state index contributed by atoms with van der Waals surface area (Å²) in [5.74, 6) is 0.615. The molecule has 4 rings (SSSR count). The molecule has 1 aromatic carbocycles. The summed E-state index contributed by atoms with van der Waals surface area (Å²) in [6.07, 6.45) is 3.60. The summed E-state index contributed by atoms with van der Waals surface area (Å²) < 4.78 is 7.07. The SMILES string of the molecule is O=C(NCc1ccc(NC(=O)C2CC2)cc1)c1ccc(Cn2ccccc2=O)o1. The van der Waals surface area contributed by atoms with Gasteiger partial charge >= 0.3 is 0 Å². The Morgan fingerprint density at radius 1 is 1.03 bits per heavy atom. The number of pyridine rings is 1. The molecule has 7 nitrogen and oxygen atoms in total. The number of carbonyl (C=O) groups is 2. The largest absolute Gasteiger partial charge is 0.454 e. The van der Waals surface area contributed by atoms with E-state index < -0.39 is 0 Å². The first-order valence-corrected chi connectivity index (χ1v) is 9.51. The molecule has 2 heterocycles. The number of anilines is 1. The molecule has 3 aromatic rings. The Morgan fingerprint density at radius 3 is 2.55 bits per heavy atom. The van der Waals surface area contributed by atoms with Gasteiger partial charge in [-0.15, -0.1) is 0 Å². The second-order valence-corrected chi connectivity index (χ2v) is 7.08. The molecule has 0 aliphatic heterocycles. The normalized spacial score (nSPS) is 13.1. The number of benzene rings is 1. The Kier molecular flexibility index (Phi) is 5.29. The minimum atomic E-state index is -0.331. The number of carbonyl (C=O) groups excluding carboxylic acids is 2. The standard InChI is InChI=1S/C22H21N3O4/c26-20-3-1-2-12-25(20)14-18-10-11-19(29-18)22(28)23-13-15-4-8-17(9-5-15)24-21(27)16-6-7-16/h1-5,8-12,16H,6-7,13-14H2,(H,23,28)(H,24,27). The second-order valence-electron chi connectivity index (χ2n) is 7.08. The fraction of sp³-hybridized carbons (Fsp3) is 0.227. The van der Waals surface area contributed by atoms with Crippen molar-refractivity contribution >= 4 is 17.5 Å². The van der Waals surface area contributed by atoms with Crippen molar-refractivity contribution in [2.24, 2.45) is 5.92 Å². The fourth-order valence-corrected chi connectivity index (χ4v) is 2.91. The molecule has 148 valence electrons. The van der Waals surface area contributed by atoms with Gasteiger partial charge in [-0.1, -0.05) is 18.2 Å². The Balaban J connectivity index is 1.30. The van der Waals surface area contributed by atoms with Crippen LogP contribution in [0.25, 0.3) is 0 Å². The van der Waals surface area contributed by atoms with Gasteiger partial charge in [0.2, 0.25) is 5.91 Å². The van der Waals surface area contributed by atoms with E-state index in [1.165, 1.54) is 10.6 Å². The van der Waals surface area contributed by atoms with Gasteiger partial charge in [-0.2, -0.15) is 0 Å². The zero-order valence-electron chi connectivity index (χ0n) is 15.8. The number of aromatic nitrogens is 1. The lowest BCUT2D eigenvalue weighted by molar-refractivity contribution is -0.117. The van der Waals surface area contributed by atoms with E-state index in [0.717, 1.165) is 24.1 Å². The van der Waals surface area contributed by atoms with E-state index in [1.54, 1.807) is 30.5 Å². The third kappa shape index (κ3) is 4.82. The number of nitrogens with one attached hydrogen (secondary N) is 2. The van der Waals surface area contributed by atoms with Crippen molar-refractivity contribution in [3.05, 3.63) is 88.2 Å². The van der Waals surface area contributed by atoms with Crippen LogP contribution in [0.3, 0.4) is 0 Å². The van der Waals surface area contributed by atoms with E-state index in [0.29, 0.717) is 12.3 Å². The van der Waals surface area contributed by atoms with E-state index in [9.17, 15) is 14.4 Å². The number of amides is 2. The summed E-state index contributed by atoms with van der Waals surface area (Å²) in [5, 5.41) is 5.69. The van der Waals surface area contributed by atoms with Gasteiger partial charge in [0.25, 0.3) is 11.5 Å². The first kappa shape index (κ1) is 18.7. The Morgan fingerprint density at radius 2 is 1.83 bits per heavy atom. The molecule has 0 saturated heterocycles. The summed E-state index contributed by atoms with van der Waals surface area (Å²) >= 11 is 0. The average Bonchev–Trinajstić information content (AvgIpc) is 3.48. The number of rotatable bonds is 7. The topological polar surface area (TPSA) is 93.3 Å². The zero-order chi connectivity index (χ0) is 20.2. The molecule has 1 saturated carbocycles. The highest BCUT2D eigenvalue weighted by molar-refractivity contribution is 5.94. The van der Waals surface area contributed by atoms with Gasteiger partial charge in [0.05, 0.1) is 6.54 Å².